The van der Waals surface area contributed by atoms with Crippen molar-refractivity contribution in [2.75, 3.05) is 46.2 Å². The van der Waals surface area contributed by atoms with E-state index in [0.29, 0.717) is 40.9 Å². The number of ether oxygens (including phenoxy) is 5. The van der Waals surface area contributed by atoms with E-state index in [0.717, 1.165) is 28.8 Å². The molecule has 3 aliphatic rings. The molecule has 39 heavy (non-hydrogen) atoms. The highest BCUT2D eigenvalue weighted by molar-refractivity contribution is 5.98. The zero-order chi connectivity index (χ0) is 27.3. The third-order valence-electron chi connectivity index (χ3n) is 8.15. The number of carbonyl (C=O) groups is 1. The molecule has 9 nitrogen and oxygen atoms in total. The molecule has 0 bridgehead atoms. The van der Waals surface area contributed by atoms with Gasteiger partial charge in [-0.1, -0.05) is 18.2 Å². The quantitative estimate of drug-likeness (QED) is 0.497. The number of carbonyl (C=O) groups excluding carboxylic acids is 1. The lowest BCUT2D eigenvalue weighted by Crippen LogP contribution is -2.46. The monoisotopic (exact) mass is 533 g/mol. The molecule has 9 heteroatoms. The summed E-state index contributed by atoms with van der Waals surface area (Å²) in [6.45, 7) is 0.209. The van der Waals surface area contributed by atoms with Crippen molar-refractivity contribution in [2.24, 2.45) is 11.8 Å². The van der Waals surface area contributed by atoms with E-state index in [9.17, 15) is 15.0 Å². The molecule has 0 saturated heterocycles. The fraction of sp³-hybridized carbons (Fsp3) is 0.367. The van der Waals surface area contributed by atoms with Gasteiger partial charge in [-0.25, -0.2) is 0 Å². The Morgan fingerprint density at radius 1 is 0.974 bits per heavy atom. The van der Waals surface area contributed by atoms with Gasteiger partial charge in [0.25, 0.3) is 0 Å². The Balaban J connectivity index is 1.57. The molecule has 0 spiro atoms. The second-order valence-electron chi connectivity index (χ2n) is 9.96. The average Bonchev–Trinajstić information content (AvgIpc) is 3.61. The van der Waals surface area contributed by atoms with Crippen LogP contribution < -0.4 is 28.6 Å². The Morgan fingerprint density at radius 3 is 2.28 bits per heavy atom. The SMILES string of the molecule is COc1cc([C@@H]2c3cc4c(cc3[C@H](O)[C@@H](CO)[C@@H]2C(=O)N2CCc3ccccc32)OCO4)cc(OC)c1OC. The van der Waals surface area contributed by atoms with Gasteiger partial charge in [0.05, 0.1) is 33.4 Å². The molecule has 204 valence electrons. The largest absolute Gasteiger partial charge is 0.493 e. The number of fused-ring (bicyclic) bond motifs is 3. The molecular weight excluding hydrogens is 502 g/mol. The summed E-state index contributed by atoms with van der Waals surface area (Å²) in [4.78, 5) is 16.3. The fourth-order valence-electron chi connectivity index (χ4n) is 6.32. The van der Waals surface area contributed by atoms with Crippen molar-refractivity contribution < 1.29 is 38.7 Å². The van der Waals surface area contributed by atoms with Crippen molar-refractivity contribution >= 4 is 11.6 Å². The molecule has 1 amide bonds. The highest BCUT2D eigenvalue weighted by Gasteiger charge is 2.49. The highest BCUT2D eigenvalue weighted by Crippen LogP contribution is 2.54. The van der Waals surface area contributed by atoms with Gasteiger partial charge in [0.15, 0.2) is 23.0 Å². The first-order valence-corrected chi connectivity index (χ1v) is 12.9. The molecule has 0 saturated carbocycles. The smallest absolute Gasteiger partial charge is 0.231 e. The second-order valence-corrected chi connectivity index (χ2v) is 9.96. The normalized spacial score (nSPS) is 22.7. The zero-order valence-corrected chi connectivity index (χ0v) is 22.0. The minimum Gasteiger partial charge on any atom is -0.493 e. The van der Waals surface area contributed by atoms with Crippen LogP contribution in [-0.4, -0.2) is 57.4 Å². The summed E-state index contributed by atoms with van der Waals surface area (Å²) in [5.74, 6) is 0.0701. The van der Waals surface area contributed by atoms with Gasteiger partial charge in [-0.15, -0.1) is 0 Å². The van der Waals surface area contributed by atoms with Crippen LogP contribution in [0.2, 0.25) is 0 Å². The lowest BCUT2D eigenvalue weighted by Gasteiger charge is -2.43. The number of methoxy groups -OCH3 is 3. The predicted molar refractivity (Wildman–Crippen MR) is 142 cm³/mol. The topological polar surface area (TPSA) is 107 Å². The Morgan fingerprint density at radius 2 is 1.64 bits per heavy atom. The van der Waals surface area contributed by atoms with Gasteiger partial charge in [-0.2, -0.15) is 0 Å². The van der Waals surface area contributed by atoms with Gasteiger partial charge in [0, 0.05) is 30.7 Å². The maximum absolute atomic E-state index is 14.5. The first kappa shape index (κ1) is 25.3. The summed E-state index contributed by atoms with van der Waals surface area (Å²) in [7, 11) is 4.61. The van der Waals surface area contributed by atoms with Crippen LogP contribution in [-0.2, 0) is 11.2 Å². The van der Waals surface area contributed by atoms with Crippen molar-refractivity contribution in [3.63, 3.8) is 0 Å². The average molecular weight is 534 g/mol. The van der Waals surface area contributed by atoms with E-state index in [-0.39, 0.29) is 19.3 Å². The number of hydrogen-bond donors (Lipinski definition) is 2. The Hall–Kier alpha value is -3.95. The van der Waals surface area contributed by atoms with Crippen LogP contribution in [0.1, 0.15) is 34.3 Å². The van der Waals surface area contributed by atoms with Crippen LogP contribution >= 0.6 is 0 Å². The summed E-state index contributed by atoms with van der Waals surface area (Å²) in [6.07, 6.45) is -0.352. The predicted octanol–water partition coefficient (Wildman–Crippen LogP) is 3.43. The van der Waals surface area contributed by atoms with E-state index in [4.69, 9.17) is 23.7 Å². The van der Waals surface area contributed by atoms with Gasteiger partial charge >= 0.3 is 0 Å². The Kier molecular flexibility index (Phi) is 6.48. The summed E-state index contributed by atoms with van der Waals surface area (Å²) in [5.41, 5.74) is 3.98. The molecule has 1 aliphatic carbocycles. The van der Waals surface area contributed by atoms with E-state index >= 15 is 0 Å². The van der Waals surface area contributed by atoms with E-state index < -0.39 is 23.9 Å². The lowest BCUT2D eigenvalue weighted by atomic mass is 9.64. The van der Waals surface area contributed by atoms with Crippen LogP contribution in [0, 0.1) is 11.8 Å². The Labute approximate surface area is 226 Å². The van der Waals surface area contributed by atoms with Gasteiger partial charge in [0.1, 0.15) is 0 Å². The molecule has 0 aromatic heterocycles. The second kappa shape index (κ2) is 9.98. The first-order chi connectivity index (χ1) is 19.0. The van der Waals surface area contributed by atoms with Gasteiger partial charge in [0.2, 0.25) is 18.4 Å². The minimum atomic E-state index is -1.09. The zero-order valence-electron chi connectivity index (χ0n) is 22.0. The molecule has 6 rings (SSSR count). The van der Waals surface area contributed by atoms with Crippen molar-refractivity contribution in [3.05, 3.63) is 70.8 Å². The molecule has 4 atom stereocenters. The van der Waals surface area contributed by atoms with Crippen LogP contribution in [0.15, 0.2) is 48.5 Å². The van der Waals surface area contributed by atoms with Gasteiger partial charge < -0.3 is 38.8 Å². The molecule has 2 heterocycles. The van der Waals surface area contributed by atoms with Crippen molar-refractivity contribution in [3.8, 4) is 28.7 Å². The summed E-state index contributed by atoms with van der Waals surface area (Å²) in [5, 5.41) is 22.2. The highest BCUT2D eigenvalue weighted by atomic mass is 16.7. The first-order valence-electron chi connectivity index (χ1n) is 12.9. The number of para-hydroxylation sites is 1. The standard InChI is InChI=1S/C30H31NO8/c1-35-24-10-17(11-25(36-2)29(24)37-3)26-18-12-22-23(39-15-38-22)13-19(18)28(33)20(14-32)27(26)30(34)31-9-8-16-6-4-5-7-21(16)31/h4-7,10-13,20,26-28,32-33H,8-9,14-15H2,1-3H3/t20-,26+,27-,28-/m0/s1. The summed E-state index contributed by atoms with van der Waals surface area (Å²) < 4.78 is 28.1. The van der Waals surface area contributed by atoms with Crippen LogP contribution in [0.25, 0.3) is 0 Å². The number of hydrogen-bond acceptors (Lipinski definition) is 8. The number of benzene rings is 3. The number of aliphatic hydroxyl groups excluding tert-OH is 2. The molecule has 0 radical (unpaired) electrons. The molecule has 0 fully saturated rings. The van der Waals surface area contributed by atoms with Crippen LogP contribution in [0.5, 0.6) is 28.7 Å². The molecule has 3 aromatic carbocycles. The van der Waals surface area contributed by atoms with Crippen molar-refractivity contribution in [1.29, 1.82) is 0 Å². The molecular formula is C30H31NO8. The third-order valence-corrected chi connectivity index (χ3v) is 8.15. The lowest BCUT2D eigenvalue weighted by molar-refractivity contribution is -0.128. The molecule has 2 N–H and O–H groups in total. The van der Waals surface area contributed by atoms with E-state index in [1.807, 2.05) is 42.5 Å². The molecule has 2 aliphatic heterocycles. The Bertz CT molecular complexity index is 1400. The van der Waals surface area contributed by atoms with E-state index in [2.05, 4.69) is 0 Å². The van der Waals surface area contributed by atoms with E-state index in [1.54, 1.807) is 11.0 Å². The summed E-state index contributed by atoms with van der Waals surface area (Å²) in [6, 6.07) is 15.1. The number of aliphatic hydroxyl groups is 2. The van der Waals surface area contributed by atoms with Crippen LogP contribution in [0.3, 0.4) is 0 Å². The minimum absolute atomic E-state index is 0.0690. The molecule has 0 unspecified atom stereocenters. The molecule has 3 aromatic rings. The fourth-order valence-corrected chi connectivity index (χ4v) is 6.32. The van der Waals surface area contributed by atoms with Crippen molar-refractivity contribution in [1.82, 2.24) is 0 Å². The van der Waals surface area contributed by atoms with Crippen molar-refractivity contribution in [2.45, 2.75) is 18.4 Å². The van der Waals surface area contributed by atoms with Gasteiger partial charge in [-0.05, 0) is 59.0 Å². The van der Waals surface area contributed by atoms with Gasteiger partial charge in [-0.3, -0.25) is 4.79 Å². The number of anilines is 1. The number of amides is 1. The number of rotatable bonds is 6. The van der Waals surface area contributed by atoms with E-state index in [1.165, 1.54) is 21.3 Å². The summed E-state index contributed by atoms with van der Waals surface area (Å²) >= 11 is 0. The van der Waals surface area contributed by atoms with Crippen LogP contribution in [0.4, 0.5) is 5.69 Å². The maximum Gasteiger partial charge on any atom is 0.231 e. The number of nitrogens with zero attached hydrogens (tertiary/aromatic N) is 1. The third kappa shape index (κ3) is 3.95. The maximum atomic E-state index is 14.5.